The first kappa shape index (κ1) is 17.3. The largest absolute Gasteiger partial charge is 0.373 e. The van der Waals surface area contributed by atoms with Crippen molar-refractivity contribution in [1.82, 2.24) is 0 Å². The smallest absolute Gasteiger partial charge is 0.101 e. The van der Waals surface area contributed by atoms with Crippen molar-refractivity contribution in [2.24, 2.45) is 0 Å². The fraction of sp³-hybridized carbons (Fsp3) is 0.375. The molecule has 0 amide bonds. The van der Waals surface area contributed by atoms with E-state index in [-0.39, 0.29) is 12.2 Å². The minimum atomic E-state index is -0.132. The van der Waals surface area contributed by atoms with Crippen molar-refractivity contribution in [2.45, 2.75) is 26.1 Å². The normalized spacial score (nSPS) is 21.0. The van der Waals surface area contributed by atoms with Crippen LogP contribution in [0.1, 0.15) is 19.4 Å². The second-order valence-corrected chi connectivity index (χ2v) is 4.83. The Morgan fingerprint density at radius 3 is 2.30 bits per heavy atom. The van der Waals surface area contributed by atoms with Gasteiger partial charge >= 0.3 is 0 Å². The van der Waals surface area contributed by atoms with Gasteiger partial charge in [0.2, 0.25) is 0 Å². The van der Waals surface area contributed by atoms with E-state index >= 15 is 0 Å². The van der Waals surface area contributed by atoms with E-state index in [0.29, 0.717) is 10.0 Å². The molecule has 2 atom stereocenters. The van der Waals surface area contributed by atoms with Gasteiger partial charge in [0, 0.05) is 29.8 Å². The third kappa shape index (κ3) is 4.10. The molecule has 0 N–H and O–H groups in total. The lowest BCUT2D eigenvalue weighted by Gasteiger charge is -2.23. The second-order valence-electron chi connectivity index (χ2n) is 3.99. The van der Waals surface area contributed by atoms with Gasteiger partial charge < -0.3 is 9.47 Å². The van der Waals surface area contributed by atoms with Crippen molar-refractivity contribution >= 4 is 28.8 Å². The van der Waals surface area contributed by atoms with Crippen LogP contribution in [0.5, 0.6) is 0 Å². The van der Waals surface area contributed by atoms with Crippen molar-refractivity contribution in [3.05, 3.63) is 52.0 Å². The van der Waals surface area contributed by atoms with Crippen LogP contribution < -0.4 is 0 Å². The molecule has 2 rings (SSSR count). The van der Waals surface area contributed by atoms with Gasteiger partial charge in [-0.2, -0.15) is 0 Å². The van der Waals surface area contributed by atoms with Gasteiger partial charge in [-0.3, -0.25) is 0 Å². The molecule has 1 aliphatic carbocycles. The van der Waals surface area contributed by atoms with E-state index in [0.717, 1.165) is 11.1 Å². The molecule has 0 bridgehead atoms. The molecular formula is C16H20Cl2O2. The van der Waals surface area contributed by atoms with E-state index in [1.807, 2.05) is 38.1 Å². The van der Waals surface area contributed by atoms with E-state index in [2.05, 4.69) is 0 Å². The summed E-state index contributed by atoms with van der Waals surface area (Å²) in [5, 5.41) is 1.30. The number of ether oxygens (including phenoxy) is 2. The van der Waals surface area contributed by atoms with Gasteiger partial charge in [-0.15, -0.1) is 0 Å². The molecule has 0 aromatic heterocycles. The van der Waals surface area contributed by atoms with E-state index in [1.54, 1.807) is 26.4 Å². The minimum Gasteiger partial charge on any atom is -0.373 e. The van der Waals surface area contributed by atoms with E-state index < -0.39 is 0 Å². The van der Waals surface area contributed by atoms with Crippen molar-refractivity contribution in [1.29, 1.82) is 0 Å². The minimum absolute atomic E-state index is 0.0681. The van der Waals surface area contributed by atoms with Crippen LogP contribution in [0.4, 0.5) is 0 Å². The van der Waals surface area contributed by atoms with Gasteiger partial charge in [0.15, 0.2) is 0 Å². The van der Waals surface area contributed by atoms with Gasteiger partial charge in [0.25, 0.3) is 0 Å². The summed E-state index contributed by atoms with van der Waals surface area (Å²) in [5.74, 6) is 0. The Hall–Kier alpha value is -0.800. The highest BCUT2D eigenvalue weighted by Gasteiger charge is 2.21. The van der Waals surface area contributed by atoms with Crippen LogP contribution in [0.15, 0.2) is 36.4 Å². The number of rotatable bonds is 3. The molecule has 2 unspecified atom stereocenters. The Balaban J connectivity index is 0.000000956. The van der Waals surface area contributed by atoms with Crippen molar-refractivity contribution in [2.75, 3.05) is 14.2 Å². The Kier molecular flexibility index (Phi) is 7.31. The van der Waals surface area contributed by atoms with Crippen LogP contribution in [0.25, 0.3) is 5.57 Å². The molecular weight excluding hydrogens is 295 g/mol. The Morgan fingerprint density at radius 2 is 1.70 bits per heavy atom. The lowest BCUT2D eigenvalue weighted by Crippen LogP contribution is -2.18. The lowest BCUT2D eigenvalue weighted by atomic mass is 9.94. The standard InChI is InChI=1S/C14H14Cl2O2.C2H6/c1-17-10-4-6-14(18-2)12(8-10)11-7-9(15)3-5-13(11)16;1-2/h3-8,10,14H,1-2H3;1-2H3. The first-order chi connectivity index (χ1) is 9.65. The molecule has 2 nitrogen and oxygen atoms in total. The molecule has 110 valence electrons. The third-order valence-electron chi connectivity index (χ3n) is 2.89. The number of hydrogen-bond donors (Lipinski definition) is 0. The Labute approximate surface area is 131 Å². The van der Waals surface area contributed by atoms with Crippen molar-refractivity contribution < 1.29 is 9.47 Å². The maximum Gasteiger partial charge on any atom is 0.101 e. The van der Waals surface area contributed by atoms with Crippen molar-refractivity contribution in [3.63, 3.8) is 0 Å². The highest BCUT2D eigenvalue weighted by molar-refractivity contribution is 6.34. The van der Waals surface area contributed by atoms with Crippen LogP contribution in [-0.4, -0.2) is 26.4 Å². The molecule has 0 heterocycles. The topological polar surface area (TPSA) is 18.5 Å². The maximum atomic E-state index is 6.22. The predicted octanol–water partition coefficient (Wildman–Crippen LogP) is 5.00. The monoisotopic (exact) mass is 314 g/mol. The molecule has 1 aromatic carbocycles. The predicted molar refractivity (Wildman–Crippen MR) is 86.5 cm³/mol. The lowest BCUT2D eigenvalue weighted by molar-refractivity contribution is 0.158. The zero-order valence-corrected chi connectivity index (χ0v) is 13.7. The number of hydrogen-bond acceptors (Lipinski definition) is 2. The summed E-state index contributed by atoms with van der Waals surface area (Å²) < 4.78 is 10.7. The SMILES string of the molecule is CC.COC1C=CC(OC)C(c2cc(Cl)ccc2Cl)=C1. The van der Waals surface area contributed by atoms with Gasteiger partial charge in [0.1, 0.15) is 6.10 Å². The zero-order chi connectivity index (χ0) is 15.1. The quantitative estimate of drug-likeness (QED) is 0.731. The summed E-state index contributed by atoms with van der Waals surface area (Å²) in [7, 11) is 3.32. The first-order valence-electron chi connectivity index (χ1n) is 6.56. The van der Waals surface area contributed by atoms with Crippen LogP contribution in [0.2, 0.25) is 10.0 Å². The first-order valence-corrected chi connectivity index (χ1v) is 7.32. The van der Waals surface area contributed by atoms with Gasteiger partial charge in [0.05, 0.1) is 6.10 Å². The summed E-state index contributed by atoms with van der Waals surface area (Å²) in [5.41, 5.74) is 1.85. The molecule has 20 heavy (non-hydrogen) atoms. The molecule has 4 heteroatoms. The van der Waals surface area contributed by atoms with Crippen molar-refractivity contribution in [3.8, 4) is 0 Å². The number of halogens is 2. The Bertz CT molecular complexity index is 495. The fourth-order valence-corrected chi connectivity index (χ4v) is 2.35. The average Bonchev–Trinajstić information content (AvgIpc) is 2.51. The Morgan fingerprint density at radius 1 is 1.00 bits per heavy atom. The summed E-state index contributed by atoms with van der Waals surface area (Å²) in [6.45, 7) is 4.00. The molecule has 1 aliphatic rings. The molecule has 0 saturated heterocycles. The zero-order valence-electron chi connectivity index (χ0n) is 12.2. The highest BCUT2D eigenvalue weighted by Crippen LogP contribution is 2.33. The van der Waals surface area contributed by atoms with Gasteiger partial charge in [-0.25, -0.2) is 0 Å². The van der Waals surface area contributed by atoms with E-state index in [1.165, 1.54) is 0 Å². The maximum absolute atomic E-state index is 6.22. The van der Waals surface area contributed by atoms with Crippen LogP contribution in [-0.2, 0) is 9.47 Å². The third-order valence-corrected chi connectivity index (χ3v) is 3.46. The van der Waals surface area contributed by atoms with Gasteiger partial charge in [-0.05, 0) is 29.8 Å². The molecule has 0 saturated carbocycles. The second kappa shape index (κ2) is 8.48. The average molecular weight is 315 g/mol. The summed E-state index contributed by atoms with van der Waals surface area (Å²) >= 11 is 12.2. The molecule has 0 fully saturated rings. The number of benzene rings is 1. The fourth-order valence-electron chi connectivity index (χ4n) is 1.96. The summed E-state index contributed by atoms with van der Waals surface area (Å²) in [6.07, 6.45) is 5.71. The van der Waals surface area contributed by atoms with Gasteiger partial charge in [-0.1, -0.05) is 49.2 Å². The summed E-state index contributed by atoms with van der Waals surface area (Å²) in [6, 6.07) is 5.39. The van der Waals surface area contributed by atoms with Crippen LogP contribution >= 0.6 is 23.2 Å². The summed E-state index contributed by atoms with van der Waals surface area (Å²) in [4.78, 5) is 0. The van der Waals surface area contributed by atoms with E-state index in [9.17, 15) is 0 Å². The molecule has 1 aromatic rings. The molecule has 0 radical (unpaired) electrons. The highest BCUT2D eigenvalue weighted by atomic mass is 35.5. The molecule has 0 aliphatic heterocycles. The van der Waals surface area contributed by atoms with Crippen LogP contribution in [0.3, 0.4) is 0 Å². The molecule has 0 spiro atoms. The van der Waals surface area contributed by atoms with Crippen LogP contribution in [0, 0.1) is 0 Å². The van der Waals surface area contributed by atoms with E-state index in [4.69, 9.17) is 32.7 Å². The number of methoxy groups -OCH3 is 2.